The minimum Gasteiger partial charge on any atom is -0.357 e. The summed E-state index contributed by atoms with van der Waals surface area (Å²) in [5, 5.41) is 8.18. The molecule has 0 fully saturated rings. The van der Waals surface area contributed by atoms with Crippen LogP contribution in [0.25, 0.3) is 0 Å². The minimum atomic E-state index is -4.69. The van der Waals surface area contributed by atoms with Crippen molar-refractivity contribution >= 4 is 41.5 Å². The molecule has 0 aliphatic heterocycles. The van der Waals surface area contributed by atoms with Crippen LogP contribution in [0.1, 0.15) is 18.1 Å². The quantitative estimate of drug-likeness (QED) is 0.234. The number of hydrogen-bond acceptors (Lipinski definition) is 3. The molecule has 2 aromatic rings. The first-order valence-electron chi connectivity index (χ1n) is 8.37. The van der Waals surface area contributed by atoms with E-state index in [1.165, 1.54) is 6.20 Å². The summed E-state index contributed by atoms with van der Waals surface area (Å²) >= 11 is 0. The van der Waals surface area contributed by atoms with Crippen molar-refractivity contribution < 1.29 is 22.4 Å². The summed E-state index contributed by atoms with van der Waals surface area (Å²) < 4.78 is 52.3. The molecule has 1 amide bonds. The number of rotatable bonds is 6. The number of guanidine groups is 1. The minimum absolute atomic E-state index is 0. The van der Waals surface area contributed by atoms with E-state index in [2.05, 4.69) is 25.9 Å². The Morgan fingerprint density at radius 3 is 2.59 bits per heavy atom. The zero-order valence-electron chi connectivity index (χ0n) is 15.4. The third kappa shape index (κ3) is 8.21. The lowest BCUT2D eigenvalue weighted by molar-refractivity contribution is -0.138. The van der Waals surface area contributed by atoms with Crippen LogP contribution >= 0.6 is 24.0 Å². The molecular formula is C18H20F4IN5O. The number of nitrogens with one attached hydrogen (secondary N) is 3. The highest BCUT2D eigenvalue weighted by atomic mass is 127. The molecule has 3 N–H and O–H groups in total. The van der Waals surface area contributed by atoms with Crippen molar-refractivity contribution in [1.29, 1.82) is 0 Å². The lowest BCUT2D eigenvalue weighted by atomic mass is 10.1. The van der Waals surface area contributed by atoms with Crippen molar-refractivity contribution in [3.63, 3.8) is 0 Å². The molecule has 11 heteroatoms. The van der Waals surface area contributed by atoms with E-state index in [1.807, 2.05) is 0 Å². The molecule has 0 spiro atoms. The number of anilines is 1. The van der Waals surface area contributed by atoms with Crippen LogP contribution in [0.4, 0.5) is 23.2 Å². The van der Waals surface area contributed by atoms with Gasteiger partial charge in [-0.2, -0.15) is 13.2 Å². The lowest BCUT2D eigenvalue weighted by Gasteiger charge is -2.14. The normalized spacial score (nSPS) is 11.4. The molecule has 6 nitrogen and oxygen atoms in total. The van der Waals surface area contributed by atoms with Gasteiger partial charge in [-0.05, 0) is 36.8 Å². The maximum absolute atomic E-state index is 13.2. The fraction of sp³-hybridized carbons (Fsp3) is 0.278. The Balaban J connectivity index is 0.00000420. The molecular weight excluding hydrogens is 505 g/mol. The third-order valence-electron chi connectivity index (χ3n) is 3.49. The van der Waals surface area contributed by atoms with E-state index in [9.17, 15) is 22.4 Å². The maximum Gasteiger partial charge on any atom is 0.416 e. The van der Waals surface area contributed by atoms with Crippen LogP contribution in [-0.4, -0.2) is 29.9 Å². The molecule has 1 aromatic carbocycles. The summed E-state index contributed by atoms with van der Waals surface area (Å²) in [5.74, 6) is -1.20. The van der Waals surface area contributed by atoms with Gasteiger partial charge in [-0.25, -0.2) is 9.38 Å². The van der Waals surface area contributed by atoms with Crippen molar-refractivity contribution in [1.82, 2.24) is 15.6 Å². The largest absolute Gasteiger partial charge is 0.416 e. The number of hydrogen-bond donors (Lipinski definition) is 3. The van der Waals surface area contributed by atoms with Crippen molar-refractivity contribution in [3.05, 3.63) is 59.7 Å². The number of carbonyl (C=O) groups is 1. The van der Waals surface area contributed by atoms with E-state index in [0.29, 0.717) is 18.3 Å². The number of alkyl halides is 3. The number of aliphatic imine (C=N–C) groups is 1. The van der Waals surface area contributed by atoms with Crippen LogP contribution in [0.5, 0.6) is 0 Å². The second-order valence-electron chi connectivity index (χ2n) is 5.64. The zero-order chi connectivity index (χ0) is 20.6. The topological polar surface area (TPSA) is 78.4 Å². The Morgan fingerprint density at radius 2 is 1.97 bits per heavy atom. The number of nitrogens with zero attached hydrogens (tertiary/aromatic N) is 2. The summed E-state index contributed by atoms with van der Waals surface area (Å²) in [4.78, 5) is 19.9. The van der Waals surface area contributed by atoms with Crippen LogP contribution in [0, 0.1) is 5.82 Å². The van der Waals surface area contributed by atoms with E-state index in [4.69, 9.17) is 0 Å². The van der Waals surface area contributed by atoms with Crippen LogP contribution in [0.3, 0.4) is 0 Å². The van der Waals surface area contributed by atoms with Gasteiger partial charge in [0.15, 0.2) is 5.96 Å². The average molecular weight is 525 g/mol. The predicted octanol–water partition coefficient (Wildman–Crippen LogP) is 3.55. The van der Waals surface area contributed by atoms with Crippen molar-refractivity contribution in [2.45, 2.75) is 19.6 Å². The molecule has 2 rings (SSSR count). The molecule has 0 bridgehead atoms. The highest BCUT2D eigenvalue weighted by Crippen LogP contribution is 2.32. The van der Waals surface area contributed by atoms with Gasteiger partial charge >= 0.3 is 6.18 Å². The van der Waals surface area contributed by atoms with Crippen molar-refractivity contribution in [3.8, 4) is 0 Å². The Morgan fingerprint density at radius 1 is 1.21 bits per heavy atom. The Bertz CT molecular complexity index is 831. The number of halogens is 5. The highest BCUT2D eigenvalue weighted by Gasteiger charge is 2.33. The lowest BCUT2D eigenvalue weighted by Crippen LogP contribution is -2.41. The highest BCUT2D eigenvalue weighted by molar-refractivity contribution is 14.0. The molecule has 29 heavy (non-hydrogen) atoms. The maximum atomic E-state index is 13.2. The summed E-state index contributed by atoms with van der Waals surface area (Å²) in [7, 11) is 0. The second-order valence-corrected chi connectivity index (χ2v) is 5.64. The zero-order valence-corrected chi connectivity index (χ0v) is 17.7. The smallest absolute Gasteiger partial charge is 0.357 e. The SMILES string of the molecule is CCNC(=NCc1ccc(F)cc1C(F)(F)F)NCC(=O)Nc1cccnc1.I. The molecule has 0 radical (unpaired) electrons. The standard InChI is InChI=1S/C18H19F4N5O.HI/c1-2-24-17(26-11-16(28)27-14-4-3-7-23-10-14)25-9-12-5-6-13(19)8-15(12)18(20,21)22;/h3-8,10H,2,9,11H2,1H3,(H,27,28)(H2,24,25,26);1H. The van der Waals surface area contributed by atoms with Gasteiger partial charge in [0.25, 0.3) is 0 Å². The number of pyridine rings is 1. The van der Waals surface area contributed by atoms with E-state index in [0.717, 1.165) is 12.1 Å². The number of carbonyl (C=O) groups excluding carboxylic acids is 1. The van der Waals surface area contributed by atoms with E-state index < -0.39 is 17.6 Å². The van der Waals surface area contributed by atoms with Gasteiger partial charge < -0.3 is 16.0 Å². The molecule has 0 aliphatic carbocycles. The number of aromatic nitrogens is 1. The summed E-state index contributed by atoms with van der Waals surface area (Å²) in [6.45, 7) is 1.71. The van der Waals surface area contributed by atoms with Crippen LogP contribution in [-0.2, 0) is 17.5 Å². The van der Waals surface area contributed by atoms with Gasteiger partial charge in [0, 0.05) is 12.7 Å². The molecule has 0 atom stereocenters. The molecule has 0 saturated carbocycles. The predicted molar refractivity (Wildman–Crippen MR) is 113 cm³/mol. The van der Waals surface area contributed by atoms with Crippen molar-refractivity contribution in [2.75, 3.05) is 18.4 Å². The molecule has 0 saturated heterocycles. The van der Waals surface area contributed by atoms with Gasteiger partial charge in [0.2, 0.25) is 5.91 Å². The first-order chi connectivity index (χ1) is 13.3. The first-order valence-corrected chi connectivity index (χ1v) is 8.37. The van der Waals surface area contributed by atoms with Gasteiger partial charge in [0.1, 0.15) is 5.82 Å². The monoisotopic (exact) mass is 525 g/mol. The summed E-state index contributed by atoms with van der Waals surface area (Å²) in [6.07, 6.45) is -1.65. The van der Waals surface area contributed by atoms with Gasteiger partial charge in [-0.15, -0.1) is 24.0 Å². The third-order valence-corrected chi connectivity index (χ3v) is 3.49. The van der Waals surface area contributed by atoms with E-state index in [-0.39, 0.29) is 54.5 Å². The molecule has 0 aliphatic rings. The molecule has 158 valence electrons. The Labute approximate surface area is 182 Å². The van der Waals surface area contributed by atoms with E-state index in [1.54, 1.807) is 25.3 Å². The van der Waals surface area contributed by atoms with Crippen LogP contribution < -0.4 is 16.0 Å². The van der Waals surface area contributed by atoms with Gasteiger partial charge in [-0.1, -0.05) is 6.07 Å². The summed E-state index contributed by atoms with van der Waals surface area (Å²) in [5.41, 5.74) is -0.746. The molecule has 1 heterocycles. The first kappa shape index (κ1) is 24.6. The Kier molecular flexibility index (Phi) is 9.78. The van der Waals surface area contributed by atoms with Crippen LogP contribution in [0.15, 0.2) is 47.7 Å². The molecule has 1 aromatic heterocycles. The molecule has 0 unspecified atom stereocenters. The average Bonchev–Trinajstić information content (AvgIpc) is 2.65. The Hall–Kier alpha value is -2.44. The van der Waals surface area contributed by atoms with Crippen molar-refractivity contribution in [2.24, 2.45) is 4.99 Å². The van der Waals surface area contributed by atoms with Gasteiger partial charge in [0.05, 0.1) is 30.5 Å². The van der Waals surface area contributed by atoms with Gasteiger partial charge in [-0.3, -0.25) is 9.78 Å². The van der Waals surface area contributed by atoms with Crippen LogP contribution in [0.2, 0.25) is 0 Å². The fourth-order valence-electron chi connectivity index (χ4n) is 2.26. The number of benzene rings is 1. The second kappa shape index (κ2) is 11.5. The fourth-order valence-corrected chi connectivity index (χ4v) is 2.26. The number of amides is 1. The van der Waals surface area contributed by atoms with E-state index >= 15 is 0 Å². The summed E-state index contributed by atoms with van der Waals surface area (Å²) in [6, 6.07) is 5.75.